The molecule has 4 rings (SSSR count). The van der Waals surface area contributed by atoms with Gasteiger partial charge in [-0.1, -0.05) is 18.0 Å². The van der Waals surface area contributed by atoms with Crippen LogP contribution in [-0.2, 0) is 0 Å². The molecule has 1 saturated carbocycles. The third-order valence-electron chi connectivity index (χ3n) is 5.04. The highest BCUT2D eigenvalue weighted by Gasteiger charge is 2.34. The number of benzene rings is 1. The van der Waals surface area contributed by atoms with Crippen molar-refractivity contribution in [2.75, 3.05) is 13.7 Å². The predicted molar refractivity (Wildman–Crippen MR) is 91.5 cm³/mol. The average molecular weight is 341 g/mol. The molecule has 1 aromatic heterocycles. The molecule has 2 aliphatic rings. The number of ether oxygens (including phenoxy) is 1. The van der Waals surface area contributed by atoms with Crippen LogP contribution in [0.25, 0.3) is 0 Å². The summed E-state index contributed by atoms with van der Waals surface area (Å²) in [6.45, 7) is 0.719. The molecular weight excluding hydrogens is 318 g/mol. The van der Waals surface area contributed by atoms with Gasteiger partial charge < -0.3 is 14.2 Å². The lowest BCUT2D eigenvalue weighted by molar-refractivity contribution is 0.0644. The van der Waals surface area contributed by atoms with Crippen molar-refractivity contribution in [3.63, 3.8) is 0 Å². The van der Waals surface area contributed by atoms with Crippen LogP contribution >= 0.6 is 0 Å². The van der Waals surface area contributed by atoms with Gasteiger partial charge in [-0.2, -0.15) is 4.98 Å². The van der Waals surface area contributed by atoms with Crippen molar-refractivity contribution in [3.05, 3.63) is 41.5 Å². The number of amides is 1. The minimum absolute atomic E-state index is 0.0146. The lowest BCUT2D eigenvalue weighted by Crippen LogP contribution is -2.35. The molecule has 1 aromatic carbocycles. The fraction of sp³-hybridized carbons (Fsp3) is 0.526. The zero-order valence-corrected chi connectivity index (χ0v) is 14.5. The molecular formula is C19H23N3O3. The van der Waals surface area contributed by atoms with Gasteiger partial charge in [-0.3, -0.25) is 4.79 Å². The van der Waals surface area contributed by atoms with Gasteiger partial charge >= 0.3 is 0 Å². The number of nitrogens with zero attached hydrogens (tertiary/aromatic N) is 3. The maximum atomic E-state index is 13.1. The van der Waals surface area contributed by atoms with Crippen molar-refractivity contribution in [1.29, 1.82) is 0 Å². The molecule has 6 heteroatoms. The van der Waals surface area contributed by atoms with Crippen molar-refractivity contribution in [1.82, 2.24) is 15.0 Å². The summed E-state index contributed by atoms with van der Waals surface area (Å²) in [5, 5.41) is 4.13. The molecule has 0 bridgehead atoms. The largest absolute Gasteiger partial charge is 0.497 e. The van der Waals surface area contributed by atoms with Gasteiger partial charge in [0.2, 0.25) is 5.89 Å². The van der Waals surface area contributed by atoms with Gasteiger partial charge in [0.1, 0.15) is 11.8 Å². The van der Waals surface area contributed by atoms with Gasteiger partial charge in [0.05, 0.1) is 7.11 Å². The zero-order valence-electron chi connectivity index (χ0n) is 14.5. The molecule has 1 saturated heterocycles. The van der Waals surface area contributed by atoms with E-state index in [1.807, 2.05) is 29.2 Å². The second kappa shape index (κ2) is 6.86. The van der Waals surface area contributed by atoms with E-state index in [9.17, 15) is 4.79 Å². The molecule has 1 aliphatic carbocycles. The summed E-state index contributed by atoms with van der Waals surface area (Å²) < 4.78 is 10.7. The van der Waals surface area contributed by atoms with Crippen molar-refractivity contribution < 1.29 is 14.1 Å². The van der Waals surface area contributed by atoms with Crippen molar-refractivity contribution in [2.24, 2.45) is 0 Å². The van der Waals surface area contributed by atoms with Crippen LogP contribution in [-0.4, -0.2) is 34.6 Å². The molecule has 2 aromatic rings. The number of rotatable bonds is 4. The summed E-state index contributed by atoms with van der Waals surface area (Å²) in [5.74, 6) is 2.60. The molecule has 2 heterocycles. The Morgan fingerprint density at radius 2 is 1.96 bits per heavy atom. The van der Waals surface area contributed by atoms with E-state index in [0.717, 1.165) is 56.6 Å². The van der Waals surface area contributed by atoms with Crippen LogP contribution < -0.4 is 4.74 Å². The standard InChI is InChI=1S/C19H23N3O3/c1-24-15-10-8-14(9-11-15)19(23)22-12-4-2-3-5-16(22)18-20-17(21-25-18)13-6-7-13/h8-11,13,16H,2-7,12H2,1H3. The van der Waals surface area contributed by atoms with Gasteiger partial charge in [-0.05, 0) is 49.9 Å². The quantitative estimate of drug-likeness (QED) is 0.848. The lowest BCUT2D eigenvalue weighted by Gasteiger charge is -2.27. The van der Waals surface area contributed by atoms with Gasteiger partial charge in [-0.15, -0.1) is 0 Å². The summed E-state index contributed by atoms with van der Waals surface area (Å²) in [4.78, 5) is 19.6. The topological polar surface area (TPSA) is 68.5 Å². The summed E-state index contributed by atoms with van der Waals surface area (Å²) in [6, 6.07) is 7.13. The first-order valence-corrected chi connectivity index (χ1v) is 9.05. The minimum atomic E-state index is -0.128. The first kappa shape index (κ1) is 16.1. The van der Waals surface area contributed by atoms with Gasteiger partial charge in [0.15, 0.2) is 5.82 Å². The Balaban J connectivity index is 1.59. The van der Waals surface area contributed by atoms with Crippen molar-refractivity contribution in [3.8, 4) is 5.75 Å². The van der Waals surface area contributed by atoms with Gasteiger partial charge in [0.25, 0.3) is 5.91 Å². The highest BCUT2D eigenvalue weighted by molar-refractivity contribution is 5.94. The van der Waals surface area contributed by atoms with Crippen LogP contribution in [0.5, 0.6) is 5.75 Å². The molecule has 6 nitrogen and oxygen atoms in total. The molecule has 0 N–H and O–H groups in total. The molecule has 0 spiro atoms. The highest BCUT2D eigenvalue weighted by Crippen LogP contribution is 2.39. The number of carbonyl (C=O) groups excluding carboxylic acids is 1. The zero-order chi connectivity index (χ0) is 17.2. The summed E-state index contributed by atoms with van der Waals surface area (Å²) in [5.41, 5.74) is 0.662. The van der Waals surface area contributed by atoms with Crippen LogP contribution in [0, 0.1) is 0 Å². The molecule has 1 unspecified atom stereocenters. The van der Waals surface area contributed by atoms with Crippen LogP contribution in [0.3, 0.4) is 0 Å². The summed E-state index contributed by atoms with van der Waals surface area (Å²) in [7, 11) is 1.62. The van der Waals surface area contributed by atoms with E-state index in [1.54, 1.807) is 7.11 Å². The number of methoxy groups -OCH3 is 1. The molecule has 1 aliphatic heterocycles. The van der Waals surface area contributed by atoms with E-state index in [0.29, 0.717) is 17.4 Å². The van der Waals surface area contributed by atoms with Crippen LogP contribution in [0.15, 0.2) is 28.8 Å². The Kier molecular flexibility index (Phi) is 4.42. The average Bonchev–Trinajstić information content (AvgIpc) is 3.44. The van der Waals surface area contributed by atoms with E-state index >= 15 is 0 Å². The van der Waals surface area contributed by atoms with Crippen LogP contribution in [0.2, 0.25) is 0 Å². The first-order chi connectivity index (χ1) is 12.3. The van der Waals surface area contributed by atoms with Gasteiger partial charge in [-0.25, -0.2) is 0 Å². The number of hydrogen-bond acceptors (Lipinski definition) is 5. The Morgan fingerprint density at radius 1 is 1.16 bits per heavy atom. The third-order valence-corrected chi connectivity index (χ3v) is 5.04. The normalized spacial score (nSPS) is 21.0. The molecule has 132 valence electrons. The third kappa shape index (κ3) is 3.38. The Morgan fingerprint density at radius 3 is 2.68 bits per heavy atom. The fourth-order valence-electron chi connectivity index (χ4n) is 3.40. The monoisotopic (exact) mass is 341 g/mol. The van der Waals surface area contributed by atoms with E-state index < -0.39 is 0 Å². The number of hydrogen-bond donors (Lipinski definition) is 0. The van der Waals surface area contributed by atoms with E-state index in [-0.39, 0.29) is 11.9 Å². The molecule has 1 amide bonds. The fourth-order valence-corrected chi connectivity index (χ4v) is 3.40. The summed E-state index contributed by atoms with van der Waals surface area (Å²) >= 11 is 0. The molecule has 0 radical (unpaired) electrons. The molecule has 2 fully saturated rings. The van der Waals surface area contributed by atoms with E-state index in [4.69, 9.17) is 9.26 Å². The maximum absolute atomic E-state index is 13.1. The lowest BCUT2D eigenvalue weighted by atomic mass is 10.1. The second-order valence-corrected chi connectivity index (χ2v) is 6.86. The highest BCUT2D eigenvalue weighted by atomic mass is 16.5. The SMILES string of the molecule is COc1ccc(C(=O)N2CCCCCC2c2nc(C3CC3)no2)cc1. The van der Waals surface area contributed by atoms with Gasteiger partial charge in [0, 0.05) is 18.0 Å². The van der Waals surface area contributed by atoms with Crippen molar-refractivity contribution in [2.45, 2.75) is 50.5 Å². The Bertz CT molecular complexity index is 737. The predicted octanol–water partition coefficient (Wildman–Crippen LogP) is 3.71. The number of likely N-dealkylation sites (tertiary alicyclic amines) is 1. The Hall–Kier alpha value is -2.37. The van der Waals surface area contributed by atoms with E-state index in [1.165, 1.54) is 0 Å². The minimum Gasteiger partial charge on any atom is -0.497 e. The maximum Gasteiger partial charge on any atom is 0.254 e. The van der Waals surface area contributed by atoms with Crippen LogP contribution in [0.1, 0.15) is 72.6 Å². The van der Waals surface area contributed by atoms with Crippen molar-refractivity contribution >= 4 is 5.91 Å². The second-order valence-electron chi connectivity index (χ2n) is 6.86. The first-order valence-electron chi connectivity index (χ1n) is 9.05. The van der Waals surface area contributed by atoms with Crippen LogP contribution in [0.4, 0.5) is 0 Å². The molecule has 1 atom stereocenters. The number of carbonyl (C=O) groups is 1. The van der Waals surface area contributed by atoms with E-state index in [2.05, 4.69) is 10.1 Å². The molecule has 25 heavy (non-hydrogen) atoms. The Labute approximate surface area is 147 Å². The summed E-state index contributed by atoms with van der Waals surface area (Å²) in [6.07, 6.45) is 6.33. The smallest absolute Gasteiger partial charge is 0.254 e. The number of aromatic nitrogens is 2.